The van der Waals surface area contributed by atoms with Gasteiger partial charge in [-0.3, -0.25) is 9.59 Å². The smallest absolute Gasteiger partial charge is 0.305 e. The third kappa shape index (κ3) is 28.3. The van der Waals surface area contributed by atoms with Crippen LogP contribution >= 0.6 is 0 Å². The van der Waals surface area contributed by atoms with Gasteiger partial charge in [0, 0.05) is 12.8 Å². The van der Waals surface area contributed by atoms with Gasteiger partial charge in [-0.05, 0) is 50.9 Å². The van der Waals surface area contributed by atoms with Gasteiger partial charge in [-0.15, -0.1) is 0 Å². The average molecular weight is 647 g/mol. The third-order valence-corrected chi connectivity index (χ3v) is 8.48. The predicted octanol–water partition coefficient (Wildman–Crippen LogP) is 10.5. The lowest BCUT2D eigenvalue weighted by Crippen LogP contribution is -2.25. The third-order valence-electron chi connectivity index (χ3n) is 8.48. The molecule has 0 spiro atoms. The van der Waals surface area contributed by atoms with Crippen molar-refractivity contribution in [3.63, 3.8) is 0 Å². The number of hydrogen-bond acceptors (Lipinski definition) is 6. The largest absolute Gasteiger partial charge is 0.463 e. The summed E-state index contributed by atoms with van der Waals surface area (Å²) < 4.78 is 16.0. The van der Waals surface area contributed by atoms with Crippen LogP contribution < -0.4 is 0 Å². The molecule has 1 aliphatic rings. The van der Waals surface area contributed by atoms with Gasteiger partial charge in [0.2, 0.25) is 0 Å². The molecule has 0 aromatic carbocycles. The van der Waals surface area contributed by atoms with Crippen LogP contribution in [-0.4, -0.2) is 48.6 Å². The Bertz CT molecular complexity index is 817. The van der Waals surface area contributed by atoms with Crippen molar-refractivity contribution in [2.45, 2.75) is 187 Å². The minimum atomic E-state index is -0.987. The average Bonchev–Trinajstić information content (AvgIpc) is 3.79. The van der Waals surface area contributed by atoms with E-state index in [9.17, 15) is 14.7 Å². The second kappa shape index (κ2) is 30.4. The number of epoxide rings is 1. The monoisotopic (exact) mass is 647 g/mol. The first-order valence-electron chi connectivity index (χ1n) is 19.0. The van der Waals surface area contributed by atoms with Crippen molar-refractivity contribution in [1.82, 2.24) is 0 Å². The first-order valence-corrected chi connectivity index (χ1v) is 19.0. The van der Waals surface area contributed by atoms with E-state index in [2.05, 4.69) is 57.2 Å². The van der Waals surface area contributed by atoms with Crippen molar-refractivity contribution in [2.75, 3.05) is 13.2 Å². The van der Waals surface area contributed by atoms with Gasteiger partial charge in [-0.1, -0.05) is 147 Å². The number of allylic oxidation sites excluding steroid dienone is 5. The van der Waals surface area contributed by atoms with E-state index in [0.29, 0.717) is 31.5 Å². The summed E-state index contributed by atoms with van der Waals surface area (Å²) in [5, 5.41) is 9.99. The van der Waals surface area contributed by atoms with Crippen molar-refractivity contribution in [3.8, 4) is 0 Å². The molecule has 3 atom stereocenters. The van der Waals surface area contributed by atoms with Crippen molar-refractivity contribution in [3.05, 3.63) is 36.5 Å². The highest BCUT2D eigenvalue weighted by Gasteiger charge is 2.36. The summed E-state index contributed by atoms with van der Waals surface area (Å²) >= 11 is 0. The zero-order valence-corrected chi connectivity index (χ0v) is 29.9. The van der Waals surface area contributed by atoms with Gasteiger partial charge in [-0.2, -0.15) is 0 Å². The molecule has 0 aromatic heterocycles. The molecule has 1 saturated heterocycles. The van der Waals surface area contributed by atoms with Crippen LogP contribution in [-0.2, 0) is 23.8 Å². The van der Waals surface area contributed by atoms with Gasteiger partial charge in [0.05, 0.1) is 12.2 Å². The van der Waals surface area contributed by atoms with Gasteiger partial charge in [0.1, 0.15) is 19.3 Å². The van der Waals surface area contributed by atoms with Crippen LogP contribution in [0.25, 0.3) is 0 Å². The maximum Gasteiger partial charge on any atom is 0.305 e. The zero-order valence-electron chi connectivity index (χ0n) is 29.9. The normalized spacial score (nSPS) is 17.1. The molecule has 266 valence electrons. The molecule has 0 saturated carbocycles. The Morgan fingerprint density at radius 2 is 1.17 bits per heavy atom. The van der Waals surface area contributed by atoms with Gasteiger partial charge < -0.3 is 19.3 Å². The highest BCUT2D eigenvalue weighted by molar-refractivity contribution is 5.69. The lowest BCUT2D eigenvalue weighted by molar-refractivity contribution is -0.152. The van der Waals surface area contributed by atoms with E-state index in [1.54, 1.807) is 0 Å². The molecular formula is C40H70O6. The summed E-state index contributed by atoms with van der Waals surface area (Å²) in [7, 11) is 0. The van der Waals surface area contributed by atoms with E-state index in [1.807, 2.05) is 0 Å². The van der Waals surface area contributed by atoms with E-state index < -0.39 is 6.10 Å². The summed E-state index contributed by atoms with van der Waals surface area (Å²) in [6, 6.07) is 0. The van der Waals surface area contributed by atoms with Crippen LogP contribution in [0.3, 0.4) is 0 Å². The Balaban J connectivity index is 1.86. The Hall–Kier alpha value is -1.92. The Morgan fingerprint density at radius 1 is 0.652 bits per heavy atom. The number of unbranched alkanes of at least 4 members (excludes halogenated alkanes) is 13. The fourth-order valence-corrected chi connectivity index (χ4v) is 5.47. The van der Waals surface area contributed by atoms with E-state index in [0.717, 1.165) is 50.9 Å². The topological polar surface area (TPSA) is 85.4 Å². The maximum absolute atomic E-state index is 11.9. The van der Waals surface area contributed by atoms with Crippen molar-refractivity contribution < 1.29 is 28.9 Å². The Kier molecular flexibility index (Phi) is 27.8. The van der Waals surface area contributed by atoms with E-state index in [1.165, 1.54) is 83.5 Å². The van der Waals surface area contributed by atoms with Crippen LogP contribution in [0.1, 0.15) is 168 Å². The highest BCUT2D eigenvalue weighted by Crippen LogP contribution is 2.30. The lowest BCUT2D eigenvalue weighted by Gasteiger charge is -2.12. The predicted molar refractivity (Wildman–Crippen MR) is 191 cm³/mol. The van der Waals surface area contributed by atoms with Gasteiger partial charge in [0.25, 0.3) is 0 Å². The summed E-state index contributed by atoms with van der Waals surface area (Å²) in [6.45, 7) is 6.55. The van der Waals surface area contributed by atoms with Crippen LogP contribution in [0.5, 0.6) is 0 Å². The molecule has 0 aromatic rings. The number of aliphatic hydroxyl groups is 1. The number of hydrogen-bond donors (Lipinski definition) is 1. The molecule has 2 unspecified atom stereocenters. The van der Waals surface area contributed by atoms with Crippen LogP contribution in [0.15, 0.2) is 36.5 Å². The van der Waals surface area contributed by atoms with Crippen LogP contribution in [0, 0.1) is 5.92 Å². The molecule has 1 fully saturated rings. The number of rotatable bonds is 32. The molecule has 0 aliphatic carbocycles. The summed E-state index contributed by atoms with van der Waals surface area (Å²) in [5.74, 6) is 0.198. The maximum atomic E-state index is 11.9. The fraction of sp³-hybridized carbons (Fsp3) is 0.800. The van der Waals surface area contributed by atoms with Crippen molar-refractivity contribution in [2.24, 2.45) is 5.92 Å². The first kappa shape index (κ1) is 42.1. The second-order valence-electron chi connectivity index (χ2n) is 13.6. The molecular weight excluding hydrogens is 576 g/mol. The molecule has 0 radical (unpaired) electrons. The zero-order chi connectivity index (χ0) is 33.5. The highest BCUT2D eigenvalue weighted by atomic mass is 16.6. The SMILES string of the molecule is CCCCCC1OC1C/C=C\C/C=C\C/C=C\CCCC(=O)OC[C@H](O)COC(=O)CCCCCCCCCCCCCC(C)C. The molecule has 46 heavy (non-hydrogen) atoms. The minimum Gasteiger partial charge on any atom is -0.463 e. The Labute approximate surface area is 282 Å². The first-order chi connectivity index (χ1) is 22.4. The van der Waals surface area contributed by atoms with Crippen molar-refractivity contribution >= 4 is 11.9 Å². The minimum absolute atomic E-state index is 0.135. The summed E-state index contributed by atoms with van der Waals surface area (Å²) in [6.07, 6.45) is 38.1. The molecule has 6 heteroatoms. The molecule has 1 N–H and O–H groups in total. The number of esters is 2. The van der Waals surface area contributed by atoms with Gasteiger partial charge in [0.15, 0.2) is 0 Å². The van der Waals surface area contributed by atoms with Crippen molar-refractivity contribution in [1.29, 1.82) is 0 Å². The second-order valence-corrected chi connectivity index (χ2v) is 13.6. The van der Waals surface area contributed by atoms with Crippen LogP contribution in [0.2, 0.25) is 0 Å². The standard InChI is InChI=1S/C40H70O6/c1-4-5-23-29-37-38(46-37)30-25-20-16-12-9-10-14-18-22-27-32-40(43)45-34-36(41)33-44-39(42)31-26-21-17-13-8-6-7-11-15-19-24-28-35(2)3/h9,12,14,18,20,25,35-38,41H,4-8,10-11,13,15-17,19,21-24,26-34H2,1-3H3/b12-9-,18-14-,25-20-/t36-,37?,38?/m1/s1. The molecule has 1 aliphatic heterocycles. The van der Waals surface area contributed by atoms with Crippen LogP contribution in [0.4, 0.5) is 0 Å². The lowest BCUT2D eigenvalue weighted by atomic mass is 10.0. The number of carbonyl (C=O) groups is 2. The number of aliphatic hydroxyl groups excluding tert-OH is 1. The molecule has 1 rings (SSSR count). The summed E-state index contributed by atoms with van der Waals surface area (Å²) in [4.78, 5) is 23.9. The van der Waals surface area contributed by atoms with E-state index in [-0.39, 0.29) is 25.2 Å². The van der Waals surface area contributed by atoms with Gasteiger partial charge in [-0.25, -0.2) is 0 Å². The number of carbonyl (C=O) groups excluding carboxylic acids is 2. The number of ether oxygens (including phenoxy) is 3. The molecule has 0 bridgehead atoms. The molecule has 1 heterocycles. The van der Waals surface area contributed by atoms with Gasteiger partial charge >= 0.3 is 11.9 Å². The van der Waals surface area contributed by atoms with E-state index >= 15 is 0 Å². The molecule has 0 amide bonds. The quantitative estimate of drug-likeness (QED) is 0.0339. The Morgan fingerprint density at radius 3 is 1.76 bits per heavy atom. The van der Waals surface area contributed by atoms with E-state index in [4.69, 9.17) is 14.2 Å². The molecule has 6 nitrogen and oxygen atoms in total. The fourth-order valence-electron chi connectivity index (χ4n) is 5.47. The summed E-state index contributed by atoms with van der Waals surface area (Å²) in [5.41, 5.74) is 0.